The van der Waals surface area contributed by atoms with Crippen LogP contribution >= 0.6 is 0 Å². The molecule has 43 heavy (non-hydrogen) atoms. The SMILES string of the molecule is C[Si](C)(CC#[C][Al]([C]#CC[Si](C)(C)c1ccccc1)[C]#CC[Si](C)(C)c1ccccc1)c1ccccc1.[Cl-].[Cl-].[Cl-].[Li+].[Li+].[Li+]. The molecular weight excluding hydrogens is 635 g/mol. The normalized spacial score (nSPS) is 9.63. The minimum absolute atomic E-state index is 0. The van der Waals surface area contributed by atoms with Crippen LogP contribution in [-0.4, -0.2) is 38.4 Å². The first kappa shape index (κ1) is 50.1. The summed E-state index contributed by atoms with van der Waals surface area (Å²) < 4.78 is 0. The van der Waals surface area contributed by atoms with Crippen molar-refractivity contribution in [2.75, 3.05) is 0 Å². The van der Waals surface area contributed by atoms with Crippen LogP contribution in [0, 0.1) is 32.1 Å². The fraction of sp³-hybridized carbons (Fsp3) is 0.273. The van der Waals surface area contributed by atoms with Gasteiger partial charge in [-0.25, -0.2) is 0 Å². The molecule has 3 aromatic carbocycles. The summed E-state index contributed by atoms with van der Waals surface area (Å²) in [6, 6.07) is 35.5. The summed E-state index contributed by atoms with van der Waals surface area (Å²) in [5.74, 6) is 10.7. The molecule has 0 atom stereocenters. The van der Waals surface area contributed by atoms with E-state index in [0.29, 0.717) is 0 Å². The Balaban J connectivity index is -0.00000127. The monoisotopic (exact) mass is 672 g/mol. The summed E-state index contributed by atoms with van der Waals surface area (Å²) in [7, 11) is -4.77. The first-order valence-electron chi connectivity index (χ1n) is 13.2. The van der Waals surface area contributed by atoms with Crippen molar-refractivity contribution in [3.8, 4) is 32.1 Å². The molecule has 3 aromatic rings. The van der Waals surface area contributed by atoms with Crippen molar-refractivity contribution in [1.82, 2.24) is 0 Å². The summed E-state index contributed by atoms with van der Waals surface area (Å²) in [5.41, 5.74) is 0. The van der Waals surface area contributed by atoms with Crippen molar-refractivity contribution >= 4 is 53.9 Å². The van der Waals surface area contributed by atoms with Crippen LogP contribution in [-0.2, 0) is 0 Å². The number of benzene rings is 3. The summed E-state index contributed by atoms with van der Waals surface area (Å²) in [6.45, 7) is 14.5. The number of hydrogen-bond acceptors (Lipinski definition) is 0. The zero-order chi connectivity index (χ0) is 26.8. The van der Waals surface area contributed by atoms with Gasteiger partial charge < -0.3 is 37.2 Å². The van der Waals surface area contributed by atoms with Gasteiger partial charge in [-0.1, -0.05) is 146 Å². The van der Waals surface area contributed by atoms with Gasteiger partial charge in [0.25, 0.3) is 0 Å². The van der Waals surface area contributed by atoms with Gasteiger partial charge in [-0.15, -0.1) is 17.8 Å². The van der Waals surface area contributed by atoms with Gasteiger partial charge >= 0.3 is 70.7 Å². The van der Waals surface area contributed by atoms with Crippen LogP contribution in [0.25, 0.3) is 0 Å². The molecule has 0 saturated carbocycles. The van der Waals surface area contributed by atoms with Gasteiger partial charge in [-0.2, -0.15) is 14.3 Å². The van der Waals surface area contributed by atoms with Gasteiger partial charge in [0.15, 0.2) is 0 Å². The Labute approximate surface area is 324 Å². The average Bonchev–Trinajstić information content (AvgIpc) is 2.90. The number of halogens is 3. The van der Waals surface area contributed by atoms with Crippen LogP contribution in [0.2, 0.25) is 57.4 Å². The molecule has 0 nitrogen and oxygen atoms in total. The molecule has 0 N–H and O–H groups in total. The molecule has 0 aromatic heterocycles. The van der Waals surface area contributed by atoms with Crippen LogP contribution in [0.5, 0.6) is 0 Å². The second kappa shape index (κ2) is 24.4. The van der Waals surface area contributed by atoms with Crippen molar-refractivity contribution in [1.29, 1.82) is 0 Å². The van der Waals surface area contributed by atoms with Crippen LogP contribution < -0.4 is 109 Å². The molecule has 0 aliphatic rings. The fourth-order valence-electron chi connectivity index (χ4n) is 4.20. The van der Waals surface area contributed by atoms with Crippen molar-refractivity contribution in [3.63, 3.8) is 0 Å². The van der Waals surface area contributed by atoms with E-state index in [1.807, 2.05) is 0 Å². The topological polar surface area (TPSA) is 0 Å². The van der Waals surface area contributed by atoms with Crippen LogP contribution in [0.3, 0.4) is 0 Å². The van der Waals surface area contributed by atoms with Crippen molar-refractivity contribution in [2.45, 2.75) is 57.4 Å². The molecule has 0 unspecified atom stereocenters. The molecule has 0 aliphatic heterocycles. The predicted octanol–water partition coefficient (Wildman–Crippen LogP) is -12.0. The predicted molar refractivity (Wildman–Crippen MR) is 174 cm³/mol. The Hall–Kier alpha value is 0.185. The van der Waals surface area contributed by atoms with E-state index in [9.17, 15) is 0 Å². The van der Waals surface area contributed by atoms with E-state index in [4.69, 9.17) is 0 Å². The first-order chi connectivity index (χ1) is 17.6. The molecule has 210 valence electrons. The van der Waals surface area contributed by atoms with E-state index in [1.165, 1.54) is 15.6 Å². The zero-order valence-corrected chi connectivity index (χ0v) is 33.9. The van der Waals surface area contributed by atoms with E-state index in [2.05, 4.69) is 162 Å². The quantitative estimate of drug-likeness (QED) is 0.180. The molecule has 0 radical (unpaired) electrons. The third-order valence-corrected chi connectivity index (χ3v) is 17.3. The van der Waals surface area contributed by atoms with Crippen LogP contribution in [0.4, 0.5) is 0 Å². The van der Waals surface area contributed by atoms with Crippen LogP contribution in [0.15, 0.2) is 91.0 Å². The fourth-order valence-corrected chi connectivity index (χ4v) is 11.5. The minimum atomic E-state index is -1.80. The first-order valence-corrected chi connectivity index (χ1v) is 24.6. The maximum absolute atomic E-state index is 3.60. The summed E-state index contributed by atoms with van der Waals surface area (Å²) >= 11 is -1.80. The molecule has 0 spiro atoms. The smallest absolute Gasteiger partial charge is 1.00 e. The Morgan fingerprint density at radius 1 is 0.419 bits per heavy atom. The van der Waals surface area contributed by atoms with Crippen LogP contribution in [0.1, 0.15) is 0 Å². The number of hydrogen-bond donors (Lipinski definition) is 0. The minimum Gasteiger partial charge on any atom is -1.00 e. The van der Waals surface area contributed by atoms with Gasteiger partial charge in [0.1, 0.15) is 0 Å². The second-order valence-corrected chi connectivity index (χ2v) is 27.5. The molecule has 0 amide bonds. The van der Waals surface area contributed by atoms with Crippen molar-refractivity contribution in [2.24, 2.45) is 0 Å². The average molecular weight is 674 g/mol. The van der Waals surface area contributed by atoms with Crippen molar-refractivity contribution in [3.05, 3.63) is 91.0 Å². The molecule has 0 fully saturated rings. The molecule has 0 heterocycles. The van der Waals surface area contributed by atoms with Gasteiger partial charge in [0, 0.05) is 18.1 Å². The van der Waals surface area contributed by atoms with Gasteiger partial charge in [-0.05, 0) is 0 Å². The zero-order valence-electron chi connectivity index (χ0n) is 27.5. The number of rotatable bonds is 6. The third kappa shape index (κ3) is 17.1. The Kier molecular flexibility index (Phi) is 28.4. The maximum Gasteiger partial charge on any atom is 1.00 e. The summed E-state index contributed by atoms with van der Waals surface area (Å²) in [6.07, 6.45) is 0. The standard InChI is InChI=1S/3C11H13Si.Al.3ClH.3Li/c3*1-4-10-12(2,3)11-8-6-5-7-9-11;;;;;;;/h3*5-9H,10H2,2-3H3;;3*1H;;;/q;;;;;;;3*+1/p-3. The Morgan fingerprint density at radius 3 is 0.837 bits per heavy atom. The molecule has 0 aliphatic carbocycles. The molecular formula is C33H39AlCl3Li3Si3. The van der Waals surface area contributed by atoms with E-state index >= 15 is 0 Å². The Bertz CT molecular complexity index is 1190. The maximum atomic E-state index is 3.60. The molecule has 0 saturated heterocycles. The van der Waals surface area contributed by atoms with Gasteiger partial charge in [-0.3, -0.25) is 0 Å². The van der Waals surface area contributed by atoms with E-state index in [0.717, 1.165) is 18.1 Å². The largest absolute Gasteiger partial charge is 1.00 e. The Morgan fingerprint density at radius 2 is 0.628 bits per heavy atom. The van der Waals surface area contributed by atoms with Gasteiger partial charge in [0.2, 0.25) is 0 Å². The summed E-state index contributed by atoms with van der Waals surface area (Å²) in [5, 5.41) is 4.39. The third-order valence-electron chi connectivity index (χ3n) is 7.00. The molecule has 3 rings (SSSR count). The second-order valence-electron chi connectivity index (χ2n) is 11.7. The van der Waals surface area contributed by atoms with E-state index in [1.54, 1.807) is 0 Å². The van der Waals surface area contributed by atoms with E-state index < -0.39 is 38.4 Å². The van der Waals surface area contributed by atoms with E-state index in [-0.39, 0.29) is 93.8 Å². The summed E-state index contributed by atoms with van der Waals surface area (Å²) in [4.78, 5) is 10.8. The van der Waals surface area contributed by atoms with Crippen molar-refractivity contribution < 1.29 is 93.8 Å². The molecule has 10 heteroatoms. The van der Waals surface area contributed by atoms with Gasteiger partial charge in [0.05, 0.1) is 24.2 Å². The molecule has 0 bridgehead atoms.